The SMILES string of the molecule is CC(C)CNC(=O)C(C)N(Cc1c(Cl)cccc1Cl)C(=O)CCCN(c1ccc(F)c(F)c1)S(C)(=O)=O. The molecule has 2 aromatic rings. The highest BCUT2D eigenvalue weighted by Crippen LogP contribution is 2.27. The van der Waals surface area contributed by atoms with E-state index in [0.29, 0.717) is 22.2 Å². The quantitative estimate of drug-likeness (QED) is 0.384. The van der Waals surface area contributed by atoms with Gasteiger partial charge in [0.2, 0.25) is 21.8 Å². The Labute approximate surface area is 226 Å². The van der Waals surface area contributed by atoms with Crippen molar-refractivity contribution in [3.05, 3.63) is 63.6 Å². The van der Waals surface area contributed by atoms with Gasteiger partial charge >= 0.3 is 0 Å². The summed E-state index contributed by atoms with van der Waals surface area (Å²) in [5, 5.41) is 3.48. The number of hydrogen-bond donors (Lipinski definition) is 1. The zero-order valence-electron chi connectivity index (χ0n) is 21.1. The van der Waals surface area contributed by atoms with E-state index in [1.54, 1.807) is 25.1 Å². The minimum absolute atomic E-state index is 0.0351. The van der Waals surface area contributed by atoms with Crippen molar-refractivity contribution in [1.29, 1.82) is 0 Å². The molecule has 0 saturated heterocycles. The summed E-state index contributed by atoms with van der Waals surface area (Å²) in [6.07, 6.45) is 0.862. The van der Waals surface area contributed by atoms with Gasteiger partial charge in [-0.25, -0.2) is 17.2 Å². The summed E-state index contributed by atoms with van der Waals surface area (Å²) in [5.74, 6) is -2.87. The molecule has 37 heavy (non-hydrogen) atoms. The van der Waals surface area contributed by atoms with Crippen molar-refractivity contribution in [3.63, 3.8) is 0 Å². The van der Waals surface area contributed by atoms with Crippen LogP contribution in [0.15, 0.2) is 36.4 Å². The average molecular weight is 579 g/mol. The molecular formula is C25H31Cl2F2N3O4S. The maximum Gasteiger partial charge on any atom is 0.242 e. The first-order valence-corrected chi connectivity index (χ1v) is 14.3. The van der Waals surface area contributed by atoms with E-state index >= 15 is 0 Å². The monoisotopic (exact) mass is 577 g/mol. The Balaban J connectivity index is 2.23. The van der Waals surface area contributed by atoms with Crippen molar-refractivity contribution in [2.24, 2.45) is 5.92 Å². The Morgan fingerprint density at radius 1 is 1.03 bits per heavy atom. The molecule has 0 heterocycles. The number of amides is 2. The van der Waals surface area contributed by atoms with Crippen molar-refractivity contribution in [1.82, 2.24) is 10.2 Å². The van der Waals surface area contributed by atoms with Gasteiger partial charge < -0.3 is 10.2 Å². The Kier molecular flexibility index (Phi) is 11.1. The summed E-state index contributed by atoms with van der Waals surface area (Å²) in [5.41, 5.74) is 0.414. The highest BCUT2D eigenvalue weighted by Gasteiger charge is 2.28. The number of nitrogens with zero attached hydrogens (tertiary/aromatic N) is 2. The Morgan fingerprint density at radius 3 is 2.19 bits per heavy atom. The van der Waals surface area contributed by atoms with Crippen LogP contribution in [0.1, 0.15) is 39.2 Å². The summed E-state index contributed by atoms with van der Waals surface area (Å²) < 4.78 is 52.6. The van der Waals surface area contributed by atoms with Crippen molar-refractivity contribution >= 4 is 50.7 Å². The number of hydrogen-bond acceptors (Lipinski definition) is 4. The maximum absolute atomic E-state index is 13.7. The number of sulfonamides is 1. The summed E-state index contributed by atoms with van der Waals surface area (Å²) in [6, 6.07) is 6.81. The number of benzene rings is 2. The average Bonchev–Trinajstić information content (AvgIpc) is 2.80. The Hall–Kier alpha value is -2.43. The number of anilines is 1. The van der Waals surface area contributed by atoms with Crippen LogP contribution in [0.4, 0.5) is 14.5 Å². The summed E-state index contributed by atoms with van der Waals surface area (Å²) >= 11 is 12.6. The van der Waals surface area contributed by atoms with E-state index in [4.69, 9.17) is 23.2 Å². The molecule has 7 nitrogen and oxygen atoms in total. The zero-order chi connectivity index (χ0) is 27.9. The Bertz CT molecular complexity index is 1210. The number of carbonyl (C=O) groups is 2. The van der Waals surface area contributed by atoms with E-state index in [1.807, 2.05) is 13.8 Å². The van der Waals surface area contributed by atoms with Crippen molar-refractivity contribution in [3.8, 4) is 0 Å². The van der Waals surface area contributed by atoms with Gasteiger partial charge in [-0.2, -0.15) is 0 Å². The second kappa shape index (κ2) is 13.4. The maximum atomic E-state index is 13.7. The lowest BCUT2D eigenvalue weighted by molar-refractivity contribution is -0.140. The van der Waals surface area contributed by atoms with Gasteiger partial charge in [0.25, 0.3) is 0 Å². The molecule has 0 bridgehead atoms. The largest absolute Gasteiger partial charge is 0.354 e. The fourth-order valence-corrected chi connectivity index (χ4v) is 5.01. The van der Waals surface area contributed by atoms with Gasteiger partial charge in [-0.15, -0.1) is 0 Å². The van der Waals surface area contributed by atoms with E-state index < -0.39 is 33.6 Å². The molecule has 204 valence electrons. The van der Waals surface area contributed by atoms with Crippen LogP contribution < -0.4 is 9.62 Å². The standard InChI is InChI=1S/C25H31Cl2F2N3O4S/c1-16(2)14-30-25(34)17(3)31(15-19-20(26)7-5-8-21(19)27)24(33)9-6-12-32(37(4,35)36)18-10-11-22(28)23(29)13-18/h5,7-8,10-11,13,16-17H,6,9,12,14-15H2,1-4H3,(H,30,34). The van der Waals surface area contributed by atoms with Crippen molar-refractivity contribution < 1.29 is 26.8 Å². The molecule has 2 amide bonds. The minimum Gasteiger partial charge on any atom is -0.354 e. The van der Waals surface area contributed by atoms with Crippen molar-refractivity contribution in [2.45, 2.75) is 46.2 Å². The molecule has 1 atom stereocenters. The van der Waals surface area contributed by atoms with Crippen LogP contribution in [-0.4, -0.2) is 50.5 Å². The molecule has 2 aromatic carbocycles. The second-order valence-corrected chi connectivity index (χ2v) is 11.8. The summed E-state index contributed by atoms with van der Waals surface area (Å²) in [4.78, 5) is 27.4. The van der Waals surface area contributed by atoms with Crippen LogP contribution in [0.25, 0.3) is 0 Å². The van der Waals surface area contributed by atoms with Crippen LogP contribution >= 0.6 is 23.2 Å². The lowest BCUT2D eigenvalue weighted by Crippen LogP contribution is -2.48. The minimum atomic E-state index is -3.85. The molecule has 1 unspecified atom stereocenters. The fourth-order valence-electron chi connectivity index (χ4n) is 3.53. The molecule has 1 N–H and O–H groups in total. The normalized spacial score (nSPS) is 12.4. The van der Waals surface area contributed by atoms with E-state index in [-0.39, 0.29) is 43.4 Å². The molecule has 0 radical (unpaired) electrons. The molecule has 0 aliphatic rings. The first-order chi connectivity index (χ1) is 17.2. The van der Waals surface area contributed by atoms with Gasteiger partial charge in [-0.1, -0.05) is 43.1 Å². The highest BCUT2D eigenvalue weighted by molar-refractivity contribution is 7.92. The lowest BCUT2D eigenvalue weighted by Gasteiger charge is -2.30. The van der Waals surface area contributed by atoms with Gasteiger partial charge in [0, 0.05) is 47.7 Å². The predicted molar refractivity (Wildman–Crippen MR) is 142 cm³/mol. The lowest BCUT2D eigenvalue weighted by atomic mass is 10.1. The number of carbonyl (C=O) groups excluding carboxylic acids is 2. The van der Waals surface area contributed by atoms with E-state index in [2.05, 4.69) is 5.32 Å². The smallest absolute Gasteiger partial charge is 0.242 e. The van der Waals surface area contributed by atoms with Crippen LogP contribution in [0.2, 0.25) is 10.0 Å². The molecule has 2 rings (SSSR count). The van der Waals surface area contributed by atoms with E-state index in [0.717, 1.165) is 28.8 Å². The first-order valence-electron chi connectivity index (χ1n) is 11.6. The molecule has 0 aromatic heterocycles. The molecule has 0 aliphatic heterocycles. The highest BCUT2D eigenvalue weighted by atomic mass is 35.5. The number of halogens is 4. The molecule has 0 fully saturated rings. The molecule has 0 saturated carbocycles. The third-order valence-corrected chi connectivity index (χ3v) is 7.49. The fraction of sp³-hybridized carbons (Fsp3) is 0.440. The van der Waals surface area contributed by atoms with Crippen molar-refractivity contribution in [2.75, 3.05) is 23.7 Å². The zero-order valence-corrected chi connectivity index (χ0v) is 23.4. The third-order valence-electron chi connectivity index (χ3n) is 5.59. The number of nitrogens with one attached hydrogen (secondary N) is 1. The summed E-state index contributed by atoms with van der Waals surface area (Å²) in [7, 11) is -3.85. The van der Waals surface area contributed by atoms with E-state index in [9.17, 15) is 26.8 Å². The Morgan fingerprint density at radius 2 is 1.65 bits per heavy atom. The van der Waals surface area contributed by atoms with Crippen LogP contribution in [0, 0.1) is 17.6 Å². The summed E-state index contributed by atoms with van der Waals surface area (Å²) in [6.45, 7) is 5.70. The first kappa shape index (κ1) is 30.8. The number of rotatable bonds is 12. The van der Waals surface area contributed by atoms with Gasteiger partial charge in [0.1, 0.15) is 6.04 Å². The van der Waals surface area contributed by atoms with Gasteiger partial charge in [-0.05, 0) is 43.5 Å². The van der Waals surface area contributed by atoms with Gasteiger partial charge in [-0.3, -0.25) is 13.9 Å². The van der Waals surface area contributed by atoms with Gasteiger partial charge in [0.05, 0.1) is 11.9 Å². The molecular weight excluding hydrogens is 547 g/mol. The topological polar surface area (TPSA) is 86.8 Å². The molecule has 12 heteroatoms. The van der Waals surface area contributed by atoms with Gasteiger partial charge in [0.15, 0.2) is 11.6 Å². The van der Waals surface area contributed by atoms with Crippen LogP contribution in [0.5, 0.6) is 0 Å². The third kappa shape index (κ3) is 8.83. The van der Waals surface area contributed by atoms with E-state index in [1.165, 1.54) is 4.90 Å². The molecule has 0 aliphatic carbocycles. The van der Waals surface area contributed by atoms with Crippen LogP contribution in [-0.2, 0) is 26.2 Å². The predicted octanol–water partition coefficient (Wildman–Crippen LogP) is 5.01. The van der Waals surface area contributed by atoms with Crippen LogP contribution in [0.3, 0.4) is 0 Å². The molecule has 0 spiro atoms. The second-order valence-electron chi connectivity index (χ2n) is 9.07.